The van der Waals surface area contributed by atoms with Crippen LogP contribution in [-0.2, 0) is 0 Å². The number of aliphatic hydroxyl groups is 1. The largest absolute Gasteiger partial charge is 0.507 e. The first-order chi connectivity index (χ1) is 16.5. The normalized spacial score (nSPS) is 12.1. The summed E-state index contributed by atoms with van der Waals surface area (Å²) in [5.41, 5.74) is 4.40. The third kappa shape index (κ3) is 4.19. The highest BCUT2D eigenvalue weighted by Gasteiger charge is 2.18. The van der Waals surface area contributed by atoms with E-state index in [0.29, 0.717) is 44.0 Å². The molecule has 0 saturated carbocycles. The first-order valence-electron chi connectivity index (χ1n) is 10.6. The zero-order valence-corrected chi connectivity index (χ0v) is 18.6. The number of phenols is 1. The molecule has 1 atom stereocenters. The van der Waals surface area contributed by atoms with Crippen LogP contribution in [-0.4, -0.2) is 32.0 Å². The average Bonchev–Trinajstić information content (AvgIpc) is 3.24. The number of fused-ring (bicyclic) bond motifs is 1. The van der Waals surface area contributed by atoms with E-state index in [0.717, 1.165) is 5.56 Å². The van der Waals surface area contributed by atoms with E-state index in [9.17, 15) is 14.6 Å². The quantitative estimate of drug-likeness (QED) is 0.244. The number of benzene rings is 3. The van der Waals surface area contributed by atoms with Gasteiger partial charge in [-0.15, -0.1) is 5.10 Å². The van der Waals surface area contributed by atoms with Crippen LogP contribution in [0.5, 0.6) is 5.75 Å². The van der Waals surface area contributed by atoms with Crippen LogP contribution < -0.4 is 5.32 Å². The molecule has 0 aliphatic rings. The Bertz CT molecular complexity index is 1470. The number of aromatic nitrogens is 3. The summed E-state index contributed by atoms with van der Waals surface area (Å²) in [7, 11) is 0. The highest BCUT2D eigenvalue weighted by molar-refractivity contribution is 6.31. The van der Waals surface area contributed by atoms with Crippen molar-refractivity contribution in [2.24, 2.45) is 0 Å². The van der Waals surface area contributed by atoms with Crippen molar-refractivity contribution in [2.45, 2.75) is 6.04 Å². The predicted octanol–water partition coefficient (Wildman–Crippen LogP) is 5.94. The first-order valence-corrected chi connectivity index (χ1v) is 11.0. The second-order valence-corrected chi connectivity index (χ2v) is 8.28. The van der Waals surface area contributed by atoms with Gasteiger partial charge in [0.15, 0.2) is 0 Å². The van der Waals surface area contributed by atoms with E-state index in [2.05, 4.69) is 20.5 Å². The maximum atomic E-state index is 14.2. The van der Waals surface area contributed by atoms with Crippen molar-refractivity contribution in [1.29, 1.82) is 0 Å². The SMILES string of the molecule is OCC(Nc1cnc(-c2cc(Cl)ccc2O)c(-c2ccc3[nH]nc(F)c3c2)c1)c1ccccc1. The van der Waals surface area contributed by atoms with Crippen molar-refractivity contribution in [3.8, 4) is 28.1 Å². The second kappa shape index (κ2) is 9.13. The van der Waals surface area contributed by atoms with Crippen molar-refractivity contribution in [3.63, 3.8) is 0 Å². The number of aromatic amines is 1. The van der Waals surface area contributed by atoms with Gasteiger partial charge in [0.05, 0.1) is 41.1 Å². The van der Waals surface area contributed by atoms with Gasteiger partial charge in [-0.05, 0) is 47.5 Å². The van der Waals surface area contributed by atoms with Crippen LogP contribution in [0.3, 0.4) is 0 Å². The summed E-state index contributed by atoms with van der Waals surface area (Å²) >= 11 is 6.20. The van der Waals surface area contributed by atoms with E-state index in [4.69, 9.17) is 11.6 Å². The Balaban J connectivity index is 1.65. The predicted molar refractivity (Wildman–Crippen MR) is 131 cm³/mol. The van der Waals surface area contributed by atoms with Crippen LogP contribution in [0.2, 0.25) is 5.02 Å². The third-order valence-corrected chi connectivity index (χ3v) is 5.89. The Morgan fingerprint density at radius 3 is 2.62 bits per heavy atom. The first kappa shape index (κ1) is 21.9. The van der Waals surface area contributed by atoms with Gasteiger partial charge in [0, 0.05) is 16.1 Å². The van der Waals surface area contributed by atoms with E-state index in [-0.39, 0.29) is 18.4 Å². The smallest absolute Gasteiger partial charge is 0.240 e. The minimum Gasteiger partial charge on any atom is -0.507 e. The van der Waals surface area contributed by atoms with Crippen molar-refractivity contribution >= 4 is 28.2 Å². The Hall–Kier alpha value is -3.94. The zero-order chi connectivity index (χ0) is 23.7. The number of nitrogens with zero attached hydrogens (tertiary/aromatic N) is 2. The Kier molecular flexibility index (Phi) is 5.88. The number of aliphatic hydroxyl groups excluding tert-OH is 1. The van der Waals surface area contributed by atoms with Crippen LogP contribution in [0, 0.1) is 5.95 Å². The number of aromatic hydroxyl groups is 1. The Labute approximate surface area is 199 Å². The van der Waals surface area contributed by atoms with Crippen LogP contribution in [0.1, 0.15) is 11.6 Å². The highest BCUT2D eigenvalue weighted by atomic mass is 35.5. The molecule has 0 amide bonds. The lowest BCUT2D eigenvalue weighted by Gasteiger charge is -2.20. The average molecular weight is 475 g/mol. The van der Waals surface area contributed by atoms with Gasteiger partial charge in [0.1, 0.15) is 5.75 Å². The molecule has 6 nitrogen and oxygen atoms in total. The molecule has 34 heavy (non-hydrogen) atoms. The fourth-order valence-corrected chi connectivity index (χ4v) is 4.12. The van der Waals surface area contributed by atoms with E-state index in [1.807, 2.05) is 42.5 Å². The molecule has 0 fully saturated rings. The maximum absolute atomic E-state index is 14.2. The number of H-pyrrole nitrogens is 1. The lowest BCUT2D eigenvalue weighted by Crippen LogP contribution is -2.15. The lowest BCUT2D eigenvalue weighted by molar-refractivity contribution is 0.276. The van der Waals surface area contributed by atoms with Gasteiger partial charge in [-0.1, -0.05) is 48.0 Å². The molecule has 5 rings (SSSR count). The molecule has 2 aromatic heterocycles. The van der Waals surface area contributed by atoms with E-state index in [1.54, 1.807) is 30.5 Å². The Morgan fingerprint density at radius 2 is 1.82 bits per heavy atom. The number of hydrogen-bond acceptors (Lipinski definition) is 5. The van der Waals surface area contributed by atoms with Gasteiger partial charge in [0.25, 0.3) is 0 Å². The number of anilines is 1. The standard InChI is InChI=1S/C26H20ClFN4O2/c27-17-7-9-24(34)21(11-17)25-19(16-6-8-22-20(10-16)26(28)32-31-22)12-18(13-29-25)30-23(14-33)15-4-2-1-3-5-15/h1-13,23,30,33-34H,14H2,(H,31,32). The molecule has 8 heteroatoms. The van der Waals surface area contributed by atoms with Gasteiger partial charge in [-0.3, -0.25) is 10.1 Å². The van der Waals surface area contributed by atoms with E-state index in [1.165, 1.54) is 6.07 Å². The topological polar surface area (TPSA) is 94.1 Å². The molecule has 3 aromatic carbocycles. The minimum atomic E-state index is -0.601. The van der Waals surface area contributed by atoms with Gasteiger partial charge < -0.3 is 15.5 Å². The number of pyridine rings is 1. The molecule has 5 aromatic rings. The molecule has 0 aliphatic heterocycles. The number of halogens is 2. The number of rotatable bonds is 6. The summed E-state index contributed by atoms with van der Waals surface area (Å²) in [5, 5.41) is 30.9. The fourth-order valence-electron chi connectivity index (χ4n) is 3.95. The van der Waals surface area contributed by atoms with Gasteiger partial charge >= 0.3 is 0 Å². The second-order valence-electron chi connectivity index (χ2n) is 7.85. The molecular formula is C26H20ClFN4O2. The van der Waals surface area contributed by atoms with E-state index < -0.39 is 5.95 Å². The minimum absolute atomic E-state index is 0.0203. The summed E-state index contributed by atoms with van der Waals surface area (Å²) in [6.45, 7) is -0.123. The summed E-state index contributed by atoms with van der Waals surface area (Å²) < 4.78 is 14.2. The number of phenolic OH excluding ortho intramolecular Hbond substituents is 1. The molecule has 1 unspecified atom stereocenters. The monoisotopic (exact) mass is 474 g/mol. The fraction of sp³-hybridized carbons (Fsp3) is 0.0769. The summed E-state index contributed by atoms with van der Waals surface area (Å²) in [5.74, 6) is -0.581. The van der Waals surface area contributed by atoms with Crippen molar-refractivity contribution in [3.05, 3.63) is 95.5 Å². The highest BCUT2D eigenvalue weighted by Crippen LogP contribution is 2.39. The van der Waals surface area contributed by atoms with Gasteiger partial charge in [0.2, 0.25) is 5.95 Å². The van der Waals surface area contributed by atoms with Crippen LogP contribution in [0.25, 0.3) is 33.3 Å². The lowest BCUT2D eigenvalue weighted by atomic mass is 9.97. The molecule has 0 spiro atoms. The molecule has 0 saturated heterocycles. The molecule has 170 valence electrons. The van der Waals surface area contributed by atoms with Crippen LogP contribution in [0.15, 0.2) is 79.0 Å². The van der Waals surface area contributed by atoms with Gasteiger partial charge in [-0.25, -0.2) is 0 Å². The summed E-state index contributed by atoms with van der Waals surface area (Å²) in [6.07, 6.45) is 1.63. The molecule has 2 heterocycles. The number of hydrogen-bond donors (Lipinski definition) is 4. The molecule has 0 radical (unpaired) electrons. The third-order valence-electron chi connectivity index (χ3n) is 5.65. The summed E-state index contributed by atoms with van der Waals surface area (Å²) in [6, 6.07) is 21.1. The molecule has 0 aliphatic carbocycles. The number of nitrogens with one attached hydrogen (secondary N) is 2. The molecule has 4 N–H and O–H groups in total. The van der Waals surface area contributed by atoms with Crippen molar-refractivity contribution in [2.75, 3.05) is 11.9 Å². The molecule has 0 bridgehead atoms. The summed E-state index contributed by atoms with van der Waals surface area (Å²) in [4.78, 5) is 4.62. The maximum Gasteiger partial charge on any atom is 0.240 e. The Morgan fingerprint density at radius 1 is 1.00 bits per heavy atom. The van der Waals surface area contributed by atoms with Crippen LogP contribution in [0.4, 0.5) is 10.1 Å². The van der Waals surface area contributed by atoms with Crippen LogP contribution >= 0.6 is 11.6 Å². The van der Waals surface area contributed by atoms with Gasteiger partial charge in [-0.2, -0.15) is 4.39 Å². The molecular weight excluding hydrogens is 455 g/mol. The van der Waals surface area contributed by atoms with Crippen molar-refractivity contribution in [1.82, 2.24) is 15.2 Å². The van der Waals surface area contributed by atoms with Crippen molar-refractivity contribution < 1.29 is 14.6 Å². The van der Waals surface area contributed by atoms with E-state index >= 15 is 0 Å². The zero-order valence-electron chi connectivity index (χ0n) is 17.8.